The number of hydrogen-bond donors (Lipinski definition) is 2. The summed E-state index contributed by atoms with van der Waals surface area (Å²) in [6.45, 7) is 6.18. The molecule has 0 aromatic rings. The second-order valence-electron chi connectivity index (χ2n) is 5.11. The predicted octanol–water partition coefficient (Wildman–Crippen LogP) is 0.814. The quantitative estimate of drug-likeness (QED) is 0.637. The van der Waals surface area contributed by atoms with E-state index in [0.29, 0.717) is 5.54 Å². The fraction of sp³-hybridized carbons (Fsp3) is 1.00. The molecule has 1 heterocycles. The van der Waals surface area contributed by atoms with Crippen molar-refractivity contribution >= 4 is 0 Å². The maximum absolute atomic E-state index is 3.58. The van der Waals surface area contributed by atoms with Gasteiger partial charge in [0, 0.05) is 25.2 Å². The van der Waals surface area contributed by atoms with Crippen LogP contribution in [-0.4, -0.2) is 50.2 Å². The summed E-state index contributed by atoms with van der Waals surface area (Å²) in [5.41, 5.74) is 0.460. The maximum Gasteiger partial charge on any atom is 0.0304 e. The highest BCUT2D eigenvalue weighted by molar-refractivity contribution is 5.02. The van der Waals surface area contributed by atoms with E-state index in [1.54, 1.807) is 0 Å². The van der Waals surface area contributed by atoms with Gasteiger partial charge in [0.05, 0.1) is 0 Å². The fourth-order valence-corrected chi connectivity index (χ4v) is 2.41. The van der Waals surface area contributed by atoms with E-state index < -0.39 is 0 Å². The second-order valence-corrected chi connectivity index (χ2v) is 5.11. The van der Waals surface area contributed by atoms with E-state index in [9.17, 15) is 0 Å². The molecule has 2 fully saturated rings. The highest BCUT2D eigenvalue weighted by atomic mass is 15.1. The van der Waals surface area contributed by atoms with Gasteiger partial charge >= 0.3 is 0 Å². The summed E-state index contributed by atoms with van der Waals surface area (Å²) < 4.78 is 0. The van der Waals surface area contributed by atoms with Crippen molar-refractivity contribution in [2.45, 2.75) is 37.6 Å². The van der Waals surface area contributed by atoms with Gasteiger partial charge in [0.25, 0.3) is 0 Å². The molecular formula is C12H25N3. The van der Waals surface area contributed by atoms with Crippen LogP contribution in [0.15, 0.2) is 0 Å². The van der Waals surface area contributed by atoms with Crippen LogP contribution in [-0.2, 0) is 0 Å². The van der Waals surface area contributed by atoms with Crippen molar-refractivity contribution in [3.05, 3.63) is 0 Å². The van der Waals surface area contributed by atoms with E-state index >= 15 is 0 Å². The largest absolute Gasteiger partial charge is 0.314 e. The molecule has 0 unspecified atom stereocenters. The Morgan fingerprint density at radius 1 is 1.13 bits per heavy atom. The van der Waals surface area contributed by atoms with E-state index in [2.05, 4.69) is 22.6 Å². The van der Waals surface area contributed by atoms with Crippen LogP contribution in [0.5, 0.6) is 0 Å². The van der Waals surface area contributed by atoms with Crippen LogP contribution >= 0.6 is 0 Å². The molecule has 1 saturated heterocycles. The lowest BCUT2D eigenvalue weighted by Gasteiger charge is -2.26. The van der Waals surface area contributed by atoms with Gasteiger partial charge in [0.2, 0.25) is 0 Å². The van der Waals surface area contributed by atoms with Gasteiger partial charge in [-0.3, -0.25) is 0 Å². The molecule has 88 valence electrons. The molecule has 0 bridgehead atoms. The SMILES string of the molecule is CNC1(CNCCN2CCCCC2)CC1. The monoisotopic (exact) mass is 211 g/mol. The lowest BCUT2D eigenvalue weighted by Crippen LogP contribution is -2.42. The van der Waals surface area contributed by atoms with Crippen molar-refractivity contribution in [3.8, 4) is 0 Å². The van der Waals surface area contributed by atoms with Gasteiger partial charge in [0.15, 0.2) is 0 Å². The Bertz CT molecular complexity index is 183. The molecule has 3 heteroatoms. The van der Waals surface area contributed by atoms with Crippen LogP contribution in [0, 0.1) is 0 Å². The van der Waals surface area contributed by atoms with Gasteiger partial charge < -0.3 is 15.5 Å². The first kappa shape index (κ1) is 11.4. The van der Waals surface area contributed by atoms with Crippen LogP contribution in [0.4, 0.5) is 0 Å². The molecule has 3 nitrogen and oxygen atoms in total. The molecule has 0 atom stereocenters. The molecule has 0 aromatic carbocycles. The van der Waals surface area contributed by atoms with Gasteiger partial charge in [0.1, 0.15) is 0 Å². The molecule has 1 aliphatic carbocycles. The number of nitrogens with one attached hydrogen (secondary N) is 2. The zero-order valence-corrected chi connectivity index (χ0v) is 10.0. The predicted molar refractivity (Wildman–Crippen MR) is 64.2 cm³/mol. The molecule has 1 aliphatic heterocycles. The Hall–Kier alpha value is -0.120. The van der Waals surface area contributed by atoms with Crippen LogP contribution < -0.4 is 10.6 Å². The Kier molecular flexibility index (Phi) is 4.00. The zero-order valence-electron chi connectivity index (χ0n) is 10.0. The lowest BCUT2D eigenvalue weighted by molar-refractivity contribution is 0.228. The average molecular weight is 211 g/mol. The minimum atomic E-state index is 0.460. The van der Waals surface area contributed by atoms with E-state index in [1.807, 2.05) is 0 Å². The molecule has 2 N–H and O–H groups in total. The van der Waals surface area contributed by atoms with Gasteiger partial charge in [-0.1, -0.05) is 6.42 Å². The normalized spacial score (nSPS) is 25.4. The van der Waals surface area contributed by atoms with E-state index in [0.717, 1.165) is 13.1 Å². The molecule has 15 heavy (non-hydrogen) atoms. The van der Waals surface area contributed by atoms with Crippen LogP contribution in [0.2, 0.25) is 0 Å². The standard InChI is InChI=1S/C12H25N3/c1-13-12(5-6-12)11-14-7-10-15-8-3-2-4-9-15/h13-14H,2-11H2,1H3. The first-order chi connectivity index (χ1) is 7.35. The third-order valence-corrected chi connectivity index (χ3v) is 3.90. The van der Waals surface area contributed by atoms with Gasteiger partial charge in [-0.05, 0) is 45.8 Å². The zero-order chi connectivity index (χ0) is 10.6. The highest BCUT2D eigenvalue weighted by Gasteiger charge is 2.40. The smallest absolute Gasteiger partial charge is 0.0304 e. The van der Waals surface area contributed by atoms with Crippen molar-refractivity contribution in [2.75, 3.05) is 39.8 Å². The molecule has 2 rings (SSSR count). The van der Waals surface area contributed by atoms with Crippen LogP contribution in [0.3, 0.4) is 0 Å². The minimum Gasteiger partial charge on any atom is -0.314 e. The number of nitrogens with zero attached hydrogens (tertiary/aromatic N) is 1. The van der Waals surface area contributed by atoms with Gasteiger partial charge in [-0.15, -0.1) is 0 Å². The lowest BCUT2D eigenvalue weighted by atomic mass is 10.1. The number of likely N-dealkylation sites (tertiary alicyclic amines) is 1. The molecule has 0 amide bonds. The van der Waals surface area contributed by atoms with E-state index in [4.69, 9.17) is 0 Å². The number of rotatable bonds is 6. The van der Waals surface area contributed by atoms with E-state index in [-0.39, 0.29) is 0 Å². The molecule has 1 saturated carbocycles. The third kappa shape index (κ3) is 3.44. The summed E-state index contributed by atoms with van der Waals surface area (Å²) in [6, 6.07) is 0. The minimum absolute atomic E-state index is 0.460. The molecule has 0 radical (unpaired) electrons. The number of likely N-dealkylation sites (N-methyl/N-ethyl adjacent to an activating group) is 1. The fourth-order valence-electron chi connectivity index (χ4n) is 2.41. The second kappa shape index (κ2) is 5.28. The van der Waals surface area contributed by atoms with Gasteiger partial charge in [-0.25, -0.2) is 0 Å². The van der Waals surface area contributed by atoms with Crippen molar-refractivity contribution in [1.82, 2.24) is 15.5 Å². The summed E-state index contributed by atoms with van der Waals surface area (Å²) in [5, 5.41) is 7.00. The van der Waals surface area contributed by atoms with Gasteiger partial charge in [-0.2, -0.15) is 0 Å². The molecule has 0 spiro atoms. The topological polar surface area (TPSA) is 27.3 Å². The number of hydrogen-bond acceptors (Lipinski definition) is 3. The summed E-state index contributed by atoms with van der Waals surface area (Å²) in [7, 11) is 2.08. The first-order valence-corrected chi connectivity index (χ1v) is 6.47. The first-order valence-electron chi connectivity index (χ1n) is 6.47. The van der Waals surface area contributed by atoms with Crippen LogP contribution in [0.25, 0.3) is 0 Å². The Morgan fingerprint density at radius 2 is 1.87 bits per heavy atom. The maximum atomic E-state index is 3.58. The Morgan fingerprint density at radius 3 is 2.47 bits per heavy atom. The van der Waals surface area contributed by atoms with Crippen molar-refractivity contribution in [3.63, 3.8) is 0 Å². The third-order valence-electron chi connectivity index (χ3n) is 3.90. The Balaban J connectivity index is 1.51. The van der Waals surface area contributed by atoms with Crippen molar-refractivity contribution in [2.24, 2.45) is 0 Å². The summed E-state index contributed by atoms with van der Waals surface area (Å²) in [5.74, 6) is 0. The highest BCUT2D eigenvalue weighted by Crippen LogP contribution is 2.33. The number of piperidine rings is 1. The summed E-state index contributed by atoms with van der Waals surface area (Å²) in [6.07, 6.45) is 6.94. The average Bonchev–Trinajstić information content (AvgIpc) is 3.07. The van der Waals surface area contributed by atoms with Crippen LogP contribution in [0.1, 0.15) is 32.1 Å². The summed E-state index contributed by atoms with van der Waals surface area (Å²) >= 11 is 0. The summed E-state index contributed by atoms with van der Waals surface area (Å²) in [4.78, 5) is 2.59. The van der Waals surface area contributed by atoms with Crippen molar-refractivity contribution in [1.29, 1.82) is 0 Å². The van der Waals surface area contributed by atoms with E-state index in [1.165, 1.54) is 51.7 Å². The Labute approximate surface area is 93.6 Å². The molecule has 2 aliphatic rings. The molecule has 0 aromatic heterocycles. The molecular weight excluding hydrogens is 186 g/mol. The van der Waals surface area contributed by atoms with Crippen molar-refractivity contribution < 1.29 is 0 Å².